The zero-order valence-electron chi connectivity index (χ0n) is 27.0. The number of carbonyl (C=O) groups excluding carboxylic acids is 2. The molecule has 1 unspecified atom stereocenters. The van der Waals surface area contributed by atoms with Crippen molar-refractivity contribution in [2.45, 2.75) is 23.1 Å². The highest BCUT2D eigenvalue weighted by Crippen LogP contribution is 2.54. The van der Waals surface area contributed by atoms with Crippen molar-refractivity contribution in [1.82, 2.24) is 14.9 Å². The van der Waals surface area contributed by atoms with Crippen molar-refractivity contribution >= 4 is 57.4 Å². The van der Waals surface area contributed by atoms with E-state index in [9.17, 15) is 26.4 Å². The monoisotopic (exact) mass is 767 g/mol. The summed E-state index contributed by atoms with van der Waals surface area (Å²) in [6.45, 7) is 1.31. The summed E-state index contributed by atoms with van der Waals surface area (Å²) in [4.78, 5) is 40.2. The summed E-state index contributed by atoms with van der Waals surface area (Å²) in [5.41, 5.74) is -2.06. The van der Waals surface area contributed by atoms with Crippen molar-refractivity contribution in [2.24, 2.45) is 0 Å². The summed E-state index contributed by atoms with van der Waals surface area (Å²) < 4.78 is 84.7. The molecule has 1 aromatic heterocycles. The molecule has 0 saturated carbocycles. The Balaban J connectivity index is 0.00000504. The molecule has 51 heavy (non-hydrogen) atoms. The number of amides is 2. The first-order valence-corrected chi connectivity index (χ1v) is 16.9. The van der Waals surface area contributed by atoms with Gasteiger partial charge in [0.1, 0.15) is 27.6 Å². The number of methoxy groups -OCH3 is 2. The molecule has 0 aliphatic carbocycles. The van der Waals surface area contributed by atoms with Crippen molar-refractivity contribution in [2.75, 3.05) is 49.6 Å². The highest BCUT2D eigenvalue weighted by atomic mass is 35.5. The first kappa shape index (κ1) is 37.5. The predicted molar refractivity (Wildman–Crippen MR) is 182 cm³/mol. The molecule has 4 aromatic rings. The molecule has 2 aliphatic rings. The molecule has 0 N–H and O–H groups in total. The number of nitrogens with zero attached hydrogens (tertiary/aromatic N) is 5. The molecule has 3 aromatic carbocycles. The van der Waals surface area contributed by atoms with Crippen LogP contribution in [0.4, 0.5) is 24.7 Å². The molecule has 3 heterocycles. The molecular formula is C33H30Cl2F3N5O7S. The zero-order chi connectivity index (χ0) is 35.8. The third-order valence-electron chi connectivity index (χ3n) is 8.57. The second-order valence-corrected chi connectivity index (χ2v) is 13.5. The number of piperazine rings is 1. The number of fused-ring (bicyclic) bond motifs is 1. The fourth-order valence-corrected chi connectivity index (χ4v) is 8.05. The van der Waals surface area contributed by atoms with Gasteiger partial charge in [-0.2, -0.15) is 0 Å². The summed E-state index contributed by atoms with van der Waals surface area (Å²) in [6.07, 6.45) is -1.14. The van der Waals surface area contributed by atoms with Gasteiger partial charge in [-0.15, -0.1) is 25.6 Å². The van der Waals surface area contributed by atoms with Gasteiger partial charge in [0.2, 0.25) is 5.91 Å². The van der Waals surface area contributed by atoms with E-state index in [0.717, 1.165) is 18.2 Å². The van der Waals surface area contributed by atoms with Crippen LogP contribution < -0.4 is 23.4 Å². The molecule has 270 valence electrons. The molecule has 2 amide bonds. The van der Waals surface area contributed by atoms with Gasteiger partial charge in [-0.1, -0.05) is 29.8 Å². The molecule has 0 bridgehead atoms. The van der Waals surface area contributed by atoms with E-state index in [2.05, 4.69) is 14.7 Å². The van der Waals surface area contributed by atoms with Crippen LogP contribution in [-0.4, -0.2) is 81.9 Å². The molecule has 0 spiro atoms. The molecule has 2 aliphatic heterocycles. The van der Waals surface area contributed by atoms with Gasteiger partial charge in [0, 0.05) is 61.6 Å². The number of hydrogen-bond acceptors (Lipinski definition) is 10. The quantitative estimate of drug-likeness (QED) is 0.223. The van der Waals surface area contributed by atoms with Crippen molar-refractivity contribution in [3.05, 3.63) is 95.4 Å². The Kier molecular flexibility index (Phi) is 10.6. The average molecular weight is 769 g/mol. The van der Waals surface area contributed by atoms with E-state index in [4.69, 9.17) is 21.1 Å². The van der Waals surface area contributed by atoms with Crippen LogP contribution in [0, 0.1) is 0 Å². The van der Waals surface area contributed by atoms with Gasteiger partial charge in [0.25, 0.3) is 15.9 Å². The smallest absolute Gasteiger partial charge is 0.497 e. The predicted octanol–water partition coefficient (Wildman–Crippen LogP) is 5.23. The summed E-state index contributed by atoms with van der Waals surface area (Å²) in [7, 11) is -2.63. The number of hydrogen-bond donors (Lipinski definition) is 0. The molecule has 1 fully saturated rings. The molecule has 6 rings (SSSR count). The number of halogens is 5. The van der Waals surface area contributed by atoms with Crippen LogP contribution in [0.15, 0.2) is 84.1 Å². The Morgan fingerprint density at radius 1 is 0.941 bits per heavy atom. The second kappa shape index (κ2) is 14.4. The lowest BCUT2D eigenvalue weighted by molar-refractivity contribution is -0.275. The summed E-state index contributed by atoms with van der Waals surface area (Å²) in [6, 6.07) is 13.0. The minimum absolute atomic E-state index is 0. The van der Waals surface area contributed by atoms with Gasteiger partial charge in [0.15, 0.2) is 5.75 Å². The molecule has 0 radical (unpaired) electrons. The van der Waals surface area contributed by atoms with Crippen LogP contribution in [0.5, 0.6) is 17.2 Å². The minimum atomic E-state index is -5.29. The average Bonchev–Trinajstić information content (AvgIpc) is 3.35. The Labute approximate surface area is 302 Å². The van der Waals surface area contributed by atoms with E-state index in [1.54, 1.807) is 41.7 Å². The minimum Gasteiger partial charge on any atom is -0.497 e. The summed E-state index contributed by atoms with van der Waals surface area (Å²) in [5, 5.41) is 0.116. The first-order valence-electron chi connectivity index (χ1n) is 15.1. The lowest BCUT2D eigenvalue weighted by Crippen LogP contribution is -2.52. The number of aromatic nitrogens is 2. The number of carbonyl (C=O) groups is 2. The van der Waals surface area contributed by atoms with Gasteiger partial charge in [-0.25, -0.2) is 17.7 Å². The van der Waals surface area contributed by atoms with E-state index in [1.807, 2.05) is 4.90 Å². The van der Waals surface area contributed by atoms with Gasteiger partial charge >= 0.3 is 6.36 Å². The van der Waals surface area contributed by atoms with Crippen LogP contribution in [0.2, 0.25) is 5.02 Å². The van der Waals surface area contributed by atoms with E-state index >= 15 is 4.79 Å². The van der Waals surface area contributed by atoms with Crippen LogP contribution in [-0.2, 0) is 25.0 Å². The third-order valence-corrected chi connectivity index (χ3v) is 10.5. The highest BCUT2D eigenvalue weighted by molar-refractivity contribution is 7.93. The van der Waals surface area contributed by atoms with E-state index in [-0.39, 0.29) is 58.8 Å². The fourth-order valence-electron chi connectivity index (χ4n) is 6.30. The van der Waals surface area contributed by atoms with Crippen molar-refractivity contribution < 1.29 is 45.4 Å². The molecule has 1 saturated heterocycles. The number of rotatable bonds is 9. The highest BCUT2D eigenvalue weighted by Gasteiger charge is 2.59. The van der Waals surface area contributed by atoms with Gasteiger partial charge in [-0.05, 0) is 42.0 Å². The lowest BCUT2D eigenvalue weighted by Gasteiger charge is -2.37. The van der Waals surface area contributed by atoms with Crippen LogP contribution >= 0.6 is 24.0 Å². The molecular weight excluding hydrogens is 738 g/mol. The summed E-state index contributed by atoms with van der Waals surface area (Å²) >= 11 is 6.45. The van der Waals surface area contributed by atoms with Crippen LogP contribution in [0.1, 0.15) is 17.5 Å². The number of anilines is 2. The normalized spacial score (nSPS) is 17.5. The molecule has 18 heteroatoms. The van der Waals surface area contributed by atoms with E-state index < -0.39 is 50.7 Å². The fraction of sp³-hybridized carbons (Fsp3) is 0.273. The lowest BCUT2D eigenvalue weighted by atomic mass is 9.72. The maximum Gasteiger partial charge on any atom is 0.573 e. The largest absolute Gasteiger partial charge is 0.573 e. The molecule has 12 nitrogen and oxygen atoms in total. The number of ether oxygens (including phenoxy) is 3. The number of alkyl halides is 3. The van der Waals surface area contributed by atoms with Gasteiger partial charge < -0.3 is 24.0 Å². The van der Waals surface area contributed by atoms with Gasteiger partial charge in [-0.3, -0.25) is 14.6 Å². The maximum atomic E-state index is 15.0. The third kappa shape index (κ3) is 6.95. The number of sulfonamides is 1. The Hall–Kier alpha value is -4.80. The van der Waals surface area contributed by atoms with Crippen molar-refractivity contribution in [3.8, 4) is 17.2 Å². The maximum absolute atomic E-state index is 15.0. The summed E-state index contributed by atoms with van der Waals surface area (Å²) in [5.74, 6) is -2.06. The van der Waals surface area contributed by atoms with E-state index in [0.29, 0.717) is 23.2 Å². The SMILES string of the molecule is COc1ccc(S(=O)(=O)N2C(=O)C(CC(=O)N3CCN(c4cnccn4)CC3)(c3ccccc3OC)c3cc(Cl)ccc32)c(OC(F)(F)F)c1.Cl. The Morgan fingerprint density at radius 2 is 1.67 bits per heavy atom. The van der Waals surface area contributed by atoms with Crippen LogP contribution in [0.25, 0.3) is 0 Å². The van der Waals surface area contributed by atoms with E-state index in [1.165, 1.54) is 38.5 Å². The van der Waals surface area contributed by atoms with Crippen LogP contribution in [0.3, 0.4) is 0 Å². The van der Waals surface area contributed by atoms with Crippen molar-refractivity contribution in [1.29, 1.82) is 0 Å². The standard InChI is InChI=1S/C33H29ClF3N5O7S.ClH/c1-47-22-8-10-28(27(18-22)49-33(35,36)37)50(45,46)42-25-9-7-21(34)17-24(25)32(31(42)44,23-5-3-4-6-26(23)48-2)19-30(43)41-15-13-40(14-16-41)29-20-38-11-12-39-29;/h3-12,17-18,20H,13-16,19H2,1-2H3;1H. The Morgan fingerprint density at radius 3 is 2.31 bits per heavy atom. The number of benzene rings is 3. The Bertz CT molecular complexity index is 2050. The molecule has 1 atom stereocenters. The van der Waals surface area contributed by atoms with Crippen molar-refractivity contribution in [3.63, 3.8) is 0 Å². The number of para-hydroxylation sites is 1. The van der Waals surface area contributed by atoms with Gasteiger partial charge in [0.05, 0.1) is 26.1 Å². The first-order chi connectivity index (χ1) is 23.8. The topological polar surface area (TPSA) is 131 Å². The zero-order valence-corrected chi connectivity index (χ0v) is 29.4. The second-order valence-electron chi connectivity index (χ2n) is 11.3.